The number of amides is 10. The number of nitrogens with zero attached hydrogens (tertiary/aromatic N) is 3. The van der Waals surface area contributed by atoms with Crippen molar-refractivity contribution in [3.8, 4) is 5.75 Å². The van der Waals surface area contributed by atoms with Crippen LogP contribution in [0.1, 0.15) is 95.0 Å². The van der Waals surface area contributed by atoms with Gasteiger partial charge in [0.2, 0.25) is 59.1 Å². The number of phenolic OH excluding ortho intramolecular Hbond substituents is 1. The fourth-order valence-corrected chi connectivity index (χ4v) is 11.8. The van der Waals surface area contributed by atoms with E-state index in [1.165, 1.54) is 41.7 Å². The number of carbonyl (C=O) groups is 11. The summed E-state index contributed by atoms with van der Waals surface area (Å²) in [4.78, 5) is 164. The predicted molar refractivity (Wildman–Crippen MR) is 367 cm³/mol. The quantitative estimate of drug-likeness (QED) is 0.0157. The molecule has 3 heterocycles. The lowest BCUT2D eigenvalue weighted by Crippen LogP contribution is -2.61. The summed E-state index contributed by atoms with van der Waals surface area (Å²) in [6.07, 6.45) is 3.82. The van der Waals surface area contributed by atoms with Crippen molar-refractivity contribution < 1.29 is 68.1 Å². The Hall–Kier alpha value is -11.0. The molecule has 17 N–H and O–H groups in total. The average molecular weight is 1360 g/mol. The minimum absolute atomic E-state index is 0.0677. The number of aromatic hydroxyl groups is 1. The van der Waals surface area contributed by atoms with Crippen molar-refractivity contribution in [2.45, 2.75) is 153 Å². The lowest BCUT2D eigenvalue weighted by Gasteiger charge is -2.30. The van der Waals surface area contributed by atoms with Crippen molar-refractivity contribution >= 4 is 92.5 Å². The summed E-state index contributed by atoms with van der Waals surface area (Å²) in [5.41, 5.74) is 13.3. The number of hydrogen-bond donors (Lipinski definition) is 15. The van der Waals surface area contributed by atoms with Gasteiger partial charge in [0.05, 0.1) is 12.9 Å². The average Bonchev–Trinajstić information content (AvgIpc) is 1.43. The van der Waals surface area contributed by atoms with E-state index in [1.54, 1.807) is 31.2 Å². The number of hydrogen-bond acceptors (Lipinski definition) is 15. The lowest BCUT2D eigenvalue weighted by molar-refractivity contribution is -0.142. The summed E-state index contributed by atoms with van der Waals surface area (Å²) in [6.45, 7) is 6.24. The molecular weight excluding hydrogens is 1270 g/mol. The van der Waals surface area contributed by atoms with Crippen LogP contribution in [-0.2, 0) is 78.4 Å². The van der Waals surface area contributed by atoms with Gasteiger partial charge in [-0.1, -0.05) is 111 Å². The zero-order valence-corrected chi connectivity index (χ0v) is 55.8. The van der Waals surface area contributed by atoms with Gasteiger partial charge in [0.1, 0.15) is 60.1 Å². The predicted octanol–water partition coefficient (Wildman–Crippen LogP) is 0.674. The number of likely N-dealkylation sites (tertiary alicyclic amines) is 1. The zero-order chi connectivity index (χ0) is 71.7. The molecule has 99 heavy (non-hydrogen) atoms. The van der Waals surface area contributed by atoms with E-state index in [1.807, 2.05) is 74.5 Å². The molecule has 0 bridgehead atoms. The van der Waals surface area contributed by atoms with Crippen LogP contribution in [0.3, 0.4) is 0 Å². The first-order valence-corrected chi connectivity index (χ1v) is 32.9. The van der Waals surface area contributed by atoms with Crippen molar-refractivity contribution in [3.63, 3.8) is 0 Å². The number of imidazole rings is 1. The molecule has 2 aliphatic heterocycles. The van der Waals surface area contributed by atoms with Gasteiger partial charge >= 0.3 is 0 Å². The highest BCUT2D eigenvalue weighted by Gasteiger charge is 2.40. The number of rotatable bonds is 32. The third-order valence-corrected chi connectivity index (χ3v) is 16.7. The van der Waals surface area contributed by atoms with Gasteiger partial charge in [0.25, 0.3) is 5.97 Å². The topological polar surface area (TPSA) is 453 Å². The van der Waals surface area contributed by atoms with Crippen LogP contribution in [0.25, 0.3) is 21.5 Å². The van der Waals surface area contributed by atoms with Gasteiger partial charge < -0.3 is 84.5 Å². The number of aliphatic hydroxyl groups is 1. The summed E-state index contributed by atoms with van der Waals surface area (Å²) in [5, 5.41) is 56.5. The number of nitrogens with two attached hydrogens (primary N) is 2. The minimum Gasteiger partial charge on any atom is -0.508 e. The number of carbonyl (C=O) groups excluding carboxylic acids is 10. The molecule has 9 atom stereocenters. The van der Waals surface area contributed by atoms with E-state index in [4.69, 9.17) is 21.4 Å². The first-order chi connectivity index (χ1) is 47.4. The number of benzene rings is 5. The van der Waals surface area contributed by atoms with Crippen LogP contribution in [-0.4, -0.2) is 182 Å². The number of aliphatic hydroxyl groups excluding tert-OH is 1. The highest BCUT2D eigenvalue weighted by Crippen LogP contribution is 2.24. The molecule has 0 saturated carbocycles. The van der Waals surface area contributed by atoms with Crippen LogP contribution >= 0.6 is 0 Å². The standard InChI is InChI=1S/C68H85N15O12.C2H4O2/c1-4-72-66(94)57-19-11-29-83(57)67(95)50(18-10-28-73-68(69)70)76-60(88)51(30-39(2)3)77-62(90)53(33-41-20-23-42-12-5-6-14-44(42)31-41)78-61(89)52(32-40-21-24-47(85)25-22-40)79-65(93)56(37-84)82-63(91)54(34-45-16-9-15-43-13-7-8-17-48(43)45)80-64(92)55(35-46-36-71-38-74-46)81-59(87)49-26-27-58(86)75-49;1-2(3)4/h5-9,12-17,20-25,31,36,38-39,49-57,84-85H,4,10-11,18-19,26-30,32-35,37H2,1-3H3,(H,71,74)(H,72,94)(H,75,86)(H,76,88)(H,77,90)(H,78,89)(H,79,93)(H,80,92)(H,81,87)(H,82,91)(H4,69,70,73);1H3,(H,3,4)/t49-,50-,51-,52-,53+,54-,55-,56-,57-;/m0./s1. The number of nitrogens with one attached hydrogen (secondary N) is 10. The first-order valence-electron chi connectivity index (χ1n) is 32.9. The molecule has 1 aromatic heterocycles. The summed E-state index contributed by atoms with van der Waals surface area (Å²) in [7, 11) is 0. The van der Waals surface area contributed by atoms with E-state index in [0.29, 0.717) is 41.8 Å². The van der Waals surface area contributed by atoms with E-state index in [0.717, 1.165) is 28.5 Å². The number of likely N-dealkylation sites (N-methyl/N-ethyl adjacent to an activating group) is 1. The number of guanidine groups is 1. The molecule has 29 heteroatoms. The molecule has 8 rings (SSSR count). The van der Waals surface area contributed by atoms with E-state index in [2.05, 4.69) is 62.8 Å². The van der Waals surface area contributed by atoms with Gasteiger partial charge in [0, 0.05) is 70.6 Å². The molecule has 10 amide bonds. The largest absolute Gasteiger partial charge is 0.508 e. The van der Waals surface area contributed by atoms with Crippen LogP contribution in [0.5, 0.6) is 5.75 Å². The Bertz CT molecular complexity index is 3840. The number of aromatic nitrogens is 2. The highest BCUT2D eigenvalue weighted by molar-refractivity contribution is 6.00. The molecule has 2 saturated heterocycles. The van der Waals surface area contributed by atoms with Gasteiger partial charge in [0.15, 0.2) is 5.96 Å². The first kappa shape index (κ1) is 75.4. The molecular formula is C70H89N15O14. The summed E-state index contributed by atoms with van der Waals surface area (Å²) in [5.74, 6) is -8.36. The van der Waals surface area contributed by atoms with E-state index >= 15 is 9.59 Å². The number of H-pyrrole nitrogens is 1. The summed E-state index contributed by atoms with van der Waals surface area (Å²) >= 11 is 0. The number of aromatic amines is 1. The van der Waals surface area contributed by atoms with Gasteiger partial charge in [-0.15, -0.1) is 0 Å². The summed E-state index contributed by atoms with van der Waals surface area (Å²) in [6, 6.07) is 19.7. The number of aliphatic carboxylic acids is 1. The van der Waals surface area contributed by atoms with Gasteiger partial charge in [-0.3, -0.25) is 57.7 Å². The van der Waals surface area contributed by atoms with Crippen molar-refractivity contribution in [1.29, 1.82) is 0 Å². The Morgan fingerprint density at radius 2 is 1.20 bits per heavy atom. The number of aliphatic imine (C=N–C) groups is 1. The van der Waals surface area contributed by atoms with E-state index in [9.17, 15) is 48.6 Å². The van der Waals surface area contributed by atoms with Crippen molar-refractivity contribution in [2.24, 2.45) is 22.4 Å². The zero-order valence-electron chi connectivity index (χ0n) is 55.8. The van der Waals surface area contributed by atoms with Crippen molar-refractivity contribution in [3.05, 3.63) is 144 Å². The molecule has 0 radical (unpaired) electrons. The molecule has 6 aromatic rings. The fourth-order valence-electron chi connectivity index (χ4n) is 11.8. The van der Waals surface area contributed by atoms with Gasteiger partial charge in [-0.2, -0.15) is 0 Å². The van der Waals surface area contributed by atoms with Crippen LogP contribution in [0.15, 0.2) is 127 Å². The number of fused-ring (bicyclic) bond motifs is 2. The second-order valence-corrected chi connectivity index (χ2v) is 24.8. The molecule has 5 aromatic carbocycles. The number of phenols is 1. The fraction of sp³-hybridized carbons (Fsp3) is 0.414. The maximum atomic E-state index is 15.1. The second-order valence-electron chi connectivity index (χ2n) is 24.8. The third-order valence-electron chi connectivity index (χ3n) is 16.7. The Labute approximate surface area is 572 Å². The Kier molecular flexibility index (Phi) is 28.1. The summed E-state index contributed by atoms with van der Waals surface area (Å²) < 4.78 is 0. The molecule has 0 unspecified atom stereocenters. The smallest absolute Gasteiger partial charge is 0.300 e. The maximum absolute atomic E-state index is 15.1. The Balaban J connectivity index is 0.00000335. The molecule has 528 valence electrons. The SMILES string of the molecule is CC(=O)O.CCNC(=O)[C@@H]1CCCN1C(=O)[C@H](CCCN=C(N)N)NC(=O)[C@H](CC(C)C)NC(=O)[C@@H](Cc1ccc2ccccc2c1)NC(=O)[C@H](Cc1ccc(O)cc1)NC(=O)[C@H](CO)NC(=O)[C@H](Cc1cccc2ccccc12)NC(=O)[C@H](Cc1cnc[nH]1)NC(=O)[C@@H]1CCC(=O)N1. The van der Waals surface area contributed by atoms with Crippen molar-refractivity contribution in [2.75, 3.05) is 26.2 Å². The minimum atomic E-state index is -1.78. The van der Waals surface area contributed by atoms with Gasteiger partial charge in [-0.25, -0.2) is 4.98 Å². The highest BCUT2D eigenvalue weighted by atomic mass is 16.4. The van der Waals surface area contributed by atoms with Crippen LogP contribution in [0.2, 0.25) is 0 Å². The Morgan fingerprint density at radius 1 is 0.646 bits per heavy atom. The molecule has 29 nitrogen and oxygen atoms in total. The normalized spacial score (nSPS) is 16.2. The molecule has 2 fully saturated rings. The lowest BCUT2D eigenvalue weighted by atomic mass is 9.97. The van der Waals surface area contributed by atoms with Crippen molar-refractivity contribution in [1.82, 2.24) is 62.7 Å². The Morgan fingerprint density at radius 3 is 1.81 bits per heavy atom. The number of carboxylic acid groups (broad SMARTS) is 1. The maximum Gasteiger partial charge on any atom is 0.300 e. The van der Waals surface area contributed by atoms with E-state index < -0.39 is 114 Å². The van der Waals surface area contributed by atoms with Crippen LogP contribution < -0.4 is 59.3 Å². The monoisotopic (exact) mass is 1360 g/mol. The molecule has 0 aliphatic carbocycles. The second kappa shape index (κ2) is 37.0. The van der Waals surface area contributed by atoms with Crippen LogP contribution in [0.4, 0.5) is 0 Å². The molecule has 0 spiro atoms. The van der Waals surface area contributed by atoms with E-state index in [-0.39, 0.29) is 100 Å². The van der Waals surface area contributed by atoms with Gasteiger partial charge in [-0.05, 0) is 102 Å². The molecule has 2 aliphatic rings. The number of carboxylic acids is 1. The van der Waals surface area contributed by atoms with Crippen LogP contribution in [0, 0.1) is 5.92 Å². The third kappa shape index (κ3) is 22.8.